The van der Waals surface area contributed by atoms with E-state index in [9.17, 15) is 0 Å². The van der Waals surface area contributed by atoms with Crippen LogP contribution in [-0.4, -0.2) is 9.41 Å². The molecule has 0 bridgehead atoms. The molecule has 78 valence electrons. The van der Waals surface area contributed by atoms with Gasteiger partial charge in [0.15, 0.2) is 0 Å². The summed E-state index contributed by atoms with van der Waals surface area (Å²) < 4.78 is 1.23. The van der Waals surface area contributed by atoms with Crippen molar-refractivity contribution in [1.29, 1.82) is 0 Å². The van der Waals surface area contributed by atoms with Crippen LogP contribution in [0.3, 0.4) is 0 Å². The first-order valence-electron chi connectivity index (χ1n) is 5.16. The monoisotopic (exact) mass is 303 g/mol. The highest BCUT2D eigenvalue weighted by molar-refractivity contribution is 14.1. The molecule has 0 radical (unpaired) electrons. The van der Waals surface area contributed by atoms with Gasteiger partial charge in [-0.25, -0.2) is 0 Å². The van der Waals surface area contributed by atoms with Crippen molar-refractivity contribution in [3.05, 3.63) is 29.1 Å². The second-order valence-electron chi connectivity index (χ2n) is 3.98. The lowest BCUT2D eigenvalue weighted by molar-refractivity contribution is 0.810. The zero-order valence-electron chi connectivity index (χ0n) is 9.18. The SMILES string of the molecule is Cc1cc(C(C)C)ncc1CCCI. The van der Waals surface area contributed by atoms with E-state index >= 15 is 0 Å². The fraction of sp³-hybridized carbons (Fsp3) is 0.583. The van der Waals surface area contributed by atoms with Crippen LogP contribution in [0.1, 0.15) is 43.0 Å². The van der Waals surface area contributed by atoms with E-state index in [4.69, 9.17) is 0 Å². The van der Waals surface area contributed by atoms with Crippen LogP contribution in [0.25, 0.3) is 0 Å². The van der Waals surface area contributed by atoms with E-state index in [-0.39, 0.29) is 0 Å². The van der Waals surface area contributed by atoms with Crippen molar-refractivity contribution in [2.45, 2.75) is 39.5 Å². The Bertz CT molecular complexity index is 294. The number of hydrogen-bond donors (Lipinski definition) is 0. The minimum absolute atomic E-state index is 0.535. The number of aromatic nitrogens is 1. The first-order valence-corrected chi connectivity index (χ1v) is 6.69. The Morgan fingerprint density at radius 3 is 2.64 bits per heavy atom. The van der Waals surface area contributed by atoms with Gasteiger partial charge in [0, 0.05) is 11.9 Å². The van der Waals surface area contributed by atoms with E-state index in [2.05, 4.69) is 60.6 Å². The molecule has 0 saturated heterocycles. The summed E-state index contributed by atoms with van der Waals surface area (Å²) in [5.41, 5.74) is 4.01. The smallest absolute Gasteiger partial charge is 0.0431 e. The number of rotatable bonds is 4. The van der Waals surface area contributed by atoms with Crippen molar-refractivity contribution >= 4 is 22.6 Å². The lowest BCUT2D eigenvalue weighted by atomic mass is 10.0. The van der Waals surface area contributed by atoms with E-state index in [1.54, 1.807) is 0 Å². The largest absolute Gasteiger partial charge is 0.261 e. The summed E-state index contributed by atoms with van der Waals surface area (Å²) >= 11 is 2.42. The van der Waals surface area contributed by atoms with Crippen LogP contribution < -0.4 is 0 Å². The molecule has 0 amide bonds. The Morgan fingerprint density at radius 1 is 1.43 bits per heavy atom. The van der Waals surface area contributed by atoms with Crippen molar-refractivity contribution in [2.24, 2.45) is 0 Å². The maximum absolute atomic E-state index is 4.49. The number of aryl methyl sites for hydroxylation is 2. The molecule has 0 spiro atoms. The van der Waals surface area contributed by atoms with Gasteiger partial charge in [0.2, 0.25) is 0 Å². The van der Waals surface area contributed by atoms with E-state index in [1.807, 2.05) is 0 Å². The second-order valence-corrected chi connectivity index (χ2v) is 5.06. The predicted octanol–water partition coefficient (Wildman–Crippen LogP) is 3.88. The lowest BCUT2D eigenvalue weighted by Crippen LogP contribution is -1.98. The van der Waals surface area contributed by atoms with Gasteiger partial charge >= 0.3 is 0 Å². The zero-order chi connectivity index (χ0) is 10.6. The molecule has 1 nitrogen and oxygen atoms in total. The first-order chi connectivity index (χ1) is 6.65. The average Bonchev–Trinajstić information content (AvgIpc) is 2.15. The Labute approximate surface area is 100 Å². The third-order valence-electron chi connectivity index (χ3n) is 2.41. The van der Waals surface area contributed by atoms with Gasteiger partial charge in [0.1, 0.15) is 0 Å². The number of alkyl halides is 1. The van der Waals surface area contributed by atoms with Gasteiger partial charge in [0.05, 0.1) is 0 Å². The third-order valence-corrected chi connectivity index (χ3v) is 3.17. The van der Waals surface area contributed by atoms with Gasteiger partial charge in [-0.3, -0.25) is 4.98 Å². The highest BCUT2D eigenvalue weighted by Crippen LogP contribution is 2.16. The topological polar surface area (TPSA) is 12.9 Å². The first kappa shape index (κ1) is 12.0. The van der Waals surface area contributed by atoms with Crippen LogP contribution >= 0.6 is 22.6 Å². The van der Waals surface area contributed by atoms with Crippen LogP contribution in [0.4, 0.5) is 0 Å². The van der Waals surface area contributed by atoms with Gasteiger partial charge in [-0.2, -0.15) is 0 Å². The fourth-order valence-corrected chi connectivity index (χ4v) is 1.82. The molecule has 0 N–H and O–H groups in total. The summed E-state index contributed by atoms with van der Waals surface area (Å²) in [6, 6.07) is 2.23. The van der Waals surface area contributed by atoms with E-state index in [0.29, 0.717) is 5.92 Å². The minimum Gasteiger partial charge on any atom is -0.261 e. The Hall–Kier alpha value is -0.120. The Kier molecular flexibility index (Phi) is 4.85. The van der Waals surface area contributed by atoms with E-state index < -0.39 is 0 Å². The zero-order valence-corrected chi connectivity index (χ0v) is 11.3. The standard InChI is InChI=1S/C12H18IN/c1-9(2)12-7-10(3)11(8-14-12)5-4-6-13/h7-9H,4-6H2,1-3H3. The molecular formula is C12H18IN. The van der Waals surface area contributed by atoms with E-state index in [1.165, 1.54) is 34.1 Å². The molecular weight excluding hydrogens is 285 g/mol. The molecule has 0 aliphatic heterocycles. The summed E-state index contributed by atoms with van der Waals surface area (Å²) in [7, 11) is 0. The van der Waals surface area contributed by atoms with Crippen LogP contribution in [0.15, 0.2) is 12.3 Å². The average molecular weight is 303 g/mol. The molecule has 1 heterocycles. The van der Waals surface area contributed by atoms with E-state index in [0.717, 1.165) is 0 Å². The van der Waals surface area contributed by atoms with Crippen molar-refractivity contribution in [1.82, 2.24) is 4.98 Å². The maximum Gasteiger partial charge on any atom is 0.0431 e. The van der Waals surface area contributed by atoms with Crippen molar-refractivity contribution < 1.29 is 0 Å². The van der Waals surface area contributed by atoms with Crippen molar-refractivity contribution in [3.63, 3.8) is 0 Å². The molecule has 2 heteroatoms. The number of halogens is 1. The van der Waals surface area contributed by atoms with Crippen LogP contribution in [0.5, 0.6) is 0 Å². The van der Waals surface area contributed by atoms with Gasteiger partial charge in [-0.05, 0) is 47.3 Å². The molecule has 0 fully saturated rings. The van der Waals surface area contributed by atoms with Crippen LogP contribution in [0, 0.1) is 6.92 Å². The summed E-state index contributed by atoms with van der Waals surface area (Å²) in [5, 5.41) is 0. The molecule has 1 aromatic heterocycles. The normalized spacial score (nSPS) is 10.9. The van der Waals surface area contributed by atoms with Crippen LogP contribution in [0.2, 0.25) is 0 Å². The minimum atomic E-state index is 0.535. The molecule has 0 aliphatic rings. The molecule has 0 atom stereocenters. The second kappa shape index (κ2) is 5.69. The molecule has 1 rings (SSSR count). The number of hydrogen-bond acceptors (Lipinski definition) is 1. The quantitative estimate of drug-likeness (QED) is 0.607. The van der Waals surface area contributed by atoms with Gasteiger partial charge in [-0.15, -0.1) is 0 Å². The predicted molar refractivity (Wildman–Crippen MR) is 70.3 cm³/mol. The lowest BCUT2D eigenvalue weighted by Gasteiger charge is -2.09. The van der Waals surface area contributed by atoms with Crippen molar-refractivity contribution in [2.75, 3.05) is 4.43 Å². The van der Waals surface area contributed by atoms with Crippen molar-refractivity contribution in [3.8, 4) is 0 Å². The fourth-order valence-electron chi connectivity index (χ4n) is 1.44. The molecule has 0 aromatic carbocycles. The summed E-state index contributed by atoms with van der Waals surface area (Å²) in [6.07, 6.45) is 4.47. The summed E-state index contributed by atoms with van der Waals surface area (Å²) in [6.45, 7) is 6.56. The maximum atomic E-state index is 4.49. The van der Waals surface area contributed by atoms with Gasteiger partial charge in [-0.1, -0.05) is 36.4 Å². The number of nitrogens with zero attached hydrogens (tertiary/aromatic N) is 1. The summed E-state index contributed by atoms with van der Waals surface area (Å²) in [5.74, 6) is 0.535. The molecule has 14 heavy (non-hydrogen) atoms. The Balaban J connectivity index is 2.79. The molecule has 0 unspecified atom stereocenters. The third kappa shape index (κ3) is 3.23. The van der Waals surface area contributed by atoms with Gasteiger partial charge in [0.25, 0.3) is 0 Å². The highest BCUT2D eigenvalue weighted by Gasteiger charge is 2.04. The molecule has 0 saturated carbocycles. The highest BCUT2D eigenvalue weighted by atomic mass is 127. The molecule has 0 aliphatic carbocycles. The summed E-state index contributed by atoms with van der Waals surface area (Å²) in [4.78, 5) is 4.49. The Morgan fingerprint density at radius 2 is 2.14 bits per heavy atom. The number of pyridine rings is 1. The molecule has 1 aromatic rings. The van der Waals surface area contributed by atoms with Crippen LogP contribution in [-0.2, 0) is 6.42 Å². The van der Waals surface area contributed by atoms with Gasteiger partial charge < -0.3 is 0 Å².